The van der Waals surface area contributed by atoms with E-state index < -0.39 is 12.1 Å². The van der Waals surface area contributed by atoms with Crippen molar-refractivity contribution >= 4 is 28.5 Å². The normalized spacial score (nSPS) is 17.5. The number of ether oxygens (including phenoxy) is 1. The molecule has 188 valence electrons. The van der Waals surface area contributed by atoms with Crippen LogP contribution in [0, 0.1) is 0 Å². The summed E-state index contributed by atoms with van der Waals surface area (Å²) in [5.41, 5.74) is 4.02. The van der Waals surface area contributed by atoms with Crippen LogP contribution in [0.3, 0.4) is 0 Å². The van der Waals surface area contributed by atoms with Crippen molar-refractivity contribution in [3.8, 4) is 11.3 Å². The van der Waals surface area contributed by atoms with Gasteiger partial charge in [-0.25, -0.2) is 19.2 Å². The lowest BCUT2D eigenvalue weighted by Crippen LogP contribution is -2.20. The minimum Gasteiger partial charge on any atom is -0.465 e. The highest BCUT2D eigenvalue weighted by atomic mass is 19.1. The maximum atomic E-state index is 14.8. The third-order valence-electron chi connectivity index (χ3n) is 7.13. The summed E-state index contributed by atoms with van der Waals surface area (Å²) in [4.78, 5) is 24.1. The van der Waals surface area contributed by atoms with E-state index >= 15 is 0 Å². The number of esters is 1. The molecule has 37 heavy (non-hydrogen) atoms. The molecule has 5 aromatic rings. The van der Waals surface area contributed by atoms with Crippen LogP contribution in [0.5, 0.6) is 0 Å². The number of pyridine rings is 1. The van der Waals surface area contributed by atoms with Crippen LogP contribution in [-0.2, 0) is 11.3 Å². The summed E-state index contributed by atoms with van der Waals surface area (Å²) in [5.74, 6) is 0.250. The van der Waals surface area contributed by atoms with Crippen molar-refractivity contribution in [2.24, 2.45) is 0 Å². The Morgan fingerprint density at radius 2 is 2.00 bits per heavy atom. The van der Waals surface area contributed by atoms with E-state index in [0.29, 0.717) is 24.3 Å². The molecule has 8 nitrogen and oxygen atoms in total. The third-order valence-corrected chi connectivity index (χ3v) is 7.13. The molecule has 0 N–H and O–H groups in total. The van der Waals surface area contributed by atoms with Crippen LogP contribution < -0.4 is 4.90 Å². The van der Waals surface area contributed by atoms with Crippen molar-refractivity contribution in [3.05, 3.63) is 78.2 Å². The van der Waals surface area contributed by atoms with Gasteiger partial charge < -0.3 is 14.2 Å². The number of aromatic nitrogens is 5. The third kappa shape index (κ3) is 4.00. The van der Waals surface area contributed by atoms with E-state index in [0.717, 1.165) is 40.8 Å². The topological polar surface area (TPSA) is 77.5 Å². The second-order valence-electron chi connectivity index (χ2n) is 9.47. The van der Waals surface area contributed by atoms with Gasteiger partial charge in [0, 0.05) is 43.0 Å². The van der Waals surface area contributed by atoms with Gasteiger partial charge in [-0.2, -0.15) is 9.61 Å². The molecular formula is C28H27FN6O2. The van der Waals surface area contributed by atoms with E-state index in [4.69, 9.17) is 9.72 Å². The van der Waals surface area contributed by atoms with Gasteiger partial charge in [0.15, 0.2) is 5.65 Å². The molecular weight excluding hydrogens is 471 g/mol. The smallest absolute Gasteiger partial charge is 0.343 e. The van der Waals surface area contributed by atoms with Crippen LogP contribution in [0.4, 0.5) is 10.2 Å². The first-order valence-electron chi connectivity index (χ1n) is 12.4. The summed E-state index contributed by atoms with van der Waals surface area (Å²) in [5, 5.41) is 5.35. The molecule has 1 fully saturated rings. The number of fused-ring (bicyclic) bond motifs is 2. The van der Waals surface area contributed by atoms with Crippen molar-refractivity contribution in [2.75, 3.05) is 19.1 Å². The highest BCUT2D eigenvalue weighted by molar-refractivity contribution is 5.98. The number of alkyl halides is 1. The number of rotatable bonds is 6. The lowest BCUT2D eigenvalue weighted by molar-refractivity contribution is 0.0602. The van der Waals surface area contributed by atoms with Gasteiger partial charge in [0.2, 0.25) is 0 Å². The van der Waals surface area contributed by atoms with Crippen LogP contribution in [0.15, 0.2) is 67.1 Å². The Balaban J connectivity index is 1.55. The predicted octanol–water partition coefficient (Wildman–Crippen LogP) is 5.23. The summed E-state index contributed by atoms with van der Waals surface area (Å²) in [6.45, 7) is 0.627. The number of anilines is 1. The molecule has 9 heteroatoms. The first-order valence-corrected chi connectivity index (χ1v) is 12.4. The summed E-state index contributed by atoms with van der Waals surface area (Å²) in [7, 11) is 3.31. The average Bonchev–Trinajstić information content (AvgIpc) is 3.64. The largest absolute Gasteiger partial charge is 0.465 e. The molecule has 0 spiro atoms. The zero-order chi connectivity index (χ0) is 25.5. The number of hydrogen-bond donors (Lipinski definition) is 0. The van der Waals surface area contributed by atoms with Crippen LogP contribution in [0.2, 0.25) is 0 Å². The van der Waals surface area contributed by atoms with Crippen LogP contribution >= 0.6 is 0 Å². The second-order valence-corrected chi connectivity index (χ2v) is 9.47. The zero-order valence-electron chi connectivity index (χ0n) is 20.7. The van der Waals surface area contributed by atoms with Gasteiger partial charge in [0.1, 0.15) is 23.2 Å². The van der Waals surface area contributed by atoms with E-state index in [-0.39, 0.29) is 11.6 Å². The molecule has 1 saturated carbocycles. The molecule has 0 unspecified atom stereocenters. The number of halogens is 1. The van der Waals surface area contributed by atoms with Gasteiger partial charge >= 0.3 is 5.97 Å². The fraction of sp³-hybridized carbons (Fsp3) is 0.286. The second kappa shape index (κ2) is 9.31. The monoisotopic (exact) mass is 498 g/mol. The first-order chi connectivity index (χ1) is 18.0. The number of benzene rings is 1. The van der Waals surface area contributed by atoms with Gasteiger partial charge in [-0.1, -0.05) is 30.3 Å². The van der Waals surface area contributed by atoms with E-state index in [1.807, 2.05) is 54.2 Å². The van der Waals surface area contributed by atoms with Crippen molar-refractivity contribution in [2.45, 2.75) is 38.0 Å². The van der Waals surface area contributed by atoms with Crippen molar-refractivity contribution in [3.63, 3.8) is 0 Å². The molecule has 4 aromatic heterocycles. The van der Waals surface area contributed by atoms with Gasteiger partial charge in [0.05, 0.1) is 25.0 Å². The van der Waals surface area contributed by atoms with Crippen molar-refractivity contribution in [1.29, 1.82) is 0 Å². The molecule has 0 bridgehead atoms. The number of carbonyl (C=O) groups excluding carboxylic acids is 1. The lowest BCUT2D eigenvalue weighted by atomic mass is 10.1. The molecule has 1 aliphatic rings. The molecule has 4 heterocycles. The molecule has 0 amide bonds. The lowest BCUT2D eigenvalue weighted by Gasteiger charge is -2.21. The number of nitrogens with zero attached hydrogens (tertiary/aromatic N) is 6. The fourth-order valence-electron chi connectivity index (χ4n) is 5.30. The fourth-order valence-corrected chi connectivity index (χ4v) is 5.30. The Kier molecular flexibility index (Phi) is 5.82. The number of carbonyl (C=O) groups is 1. The summed E-state index contributed by atoms with van der Waals surface area (Å²) < 4.78 is 23.4. The van der Waals surface area contributed by atoms with Crippen LogP contribution in [0.25, 0.3) is 27.9 Å². The molecule has 1 aliphatic carbocycles. The standard InChI is InChI=1S/C28H27FN6O2/c1-33(16-18-8-4-3-5-9-18)25-14-23(32-27-20(28(36)37-2)15-31-35(25)27)21-17-34(24-12-6-11-22(24)29)26-19(21)10-7-13-30-26/h3-5,7-10,13-15,17,22,24H,6,11-12,16H2,1-2H3/t22-,24+/m1/s1. The number of hydrogen-bond acceptors (Lipinski definition) is 6. The van der Waals surface area contributed by atoms with Gasteiger partial charge in [-0.3, -0.25) is 0 Å². The molecule has 0 aliphatic heterocycles. The van der Waals surface area contributed by atoms with E-state index in [1.165, 1.54) is 13.3 Å². The van der Waals surface area contributed by atoms with E-state index in [1.54, 1.807) is 10.7 Å². The number of methoxy groups -OCH3 is 1. The minimum absolute atomic E-state index is 0.254. The highest BCUT2D eigenvalue weighted by Crippen LogP contribution is 2.39. The Labute approximate surface area is 213 Å². The van der Waals surface area contributed by atoms with Crippen LogP contribution in [-0.4, -0.2) is 50.4 Å². The summed E-state index contributed by atoms with van der Waals surface area (Å²) >= 11 is 0. The Bertz CT molecular complexity index is 1590. The summed E-state index contributed by atoms with van der Waals surface area (Å²) in [6, 6.07) is 15.7. The Morgan fingerprint density at radius 3 is 2.76 bits per heavy atom. The quantitative estimate of drug-likeness (QED) is 0.298. The predicted molar refractivity (Wildman–Crippen MR) is 139 cm³/mol. The SMILES string of the molecule is COC(=O)c1cnn2c(N(C)Cc3ccccc3)cc(-c3cn([C@H]4CCC[C@H]4F)c4ncccc34)nc12. The maximum absolute atomic E-state index is 14.8. The highest BCUT2D eigenvalue weighted by Gasteiger charge is 2.31. The van der Waals surface area contributed by atoms with Crippen molar-refractivity contribution in [1.82, 2.24) is 24.1 Å². The molecule has 0 radical (unpaired) electrons. The molecule has 1 aromatic carbocycles. The molecule has 6 rings (SSSR count). The van der Waals surface area contributed by atoms with E-state index in [9.17, 15) is 9.18 Å². The van der Waals surface area contributed by atoms with Gasteiger partial charge in [0.25, 0.3) is 0 Å². The van der Waals surface area contributed by atoms with Crippen molar-refractivity contribution < 1.29 is 13.9 Å². The Hall–Kier alpha value is -4.27. The maximum Gasteiger partial charge on any atom is 0.343 e. The molecule has 2 atom stereocenters. The Morgan fingerprint density at radius 1 is 1.16 bits per heavy atom. The molecule has 0 saturated heterocycles. The minimum atomic E-state index is -0.908. The summed E-state index contributed by atoms with van der Waals surface area (Å²) in [6.07, 6.45) is 6.44. The average molecular weight is 499 g/mol. The van der Waals surface area contributed by atoms with Gasteiger partial charge in [-0.05, 0) is 37.0 Å². The van der Waals surface area contributed by atoms with Crippen LogP contribution in [0.1, 0.15) is 41.2 Å². The van der Waals surface area contributed by atoms with Gasteiger partial charge in [-0.15, -0.1) is 0 Å². The zero-order valence-corrected chi connectivity index (χ0v) is 20.7. The van der Waals surface area contributed by atoms with E-state index in [2.05, 4.69) is 27.1 Å². The first kappa shape index (κ1) is 23.1.